The zero-order valence-corrected chi connectivity index (χ0v) is 20.9. The first-order valence-corrected chi connectivity index (χ1v) is 11.4. The summed E-state index contributed by atoms with van der Waals surface area (Å²) in [6.07, 6.45) is 0.490. The number of rotatable bonds is 7. The Morgan fingerprint density at radius 1 is 1.00 bits per heavy atom. The molecule has 0 radical (unpaired) electrons. The first-order valence-electron chi connectivity index (χ1n) is 11.4. The second-order valence-corrected chi connectivity index (χ2v) is 8.62. The van der Waals surface area contributed by atoms with Crippen molar-refractivity contribution in [1.82, 2.24) is 14.3 Å². The number of pyridine rings is 1. The smallest absolute Gasteiger partial charge is 0.255 e. The molecule has 0 saturated carbocycles. The van der Waals surface area contributed by atoms with Gasteiger partial charge >= 0.3 is 0 Å². The Kier molecular flexibility index (Phi) is 6.64. The molecule has 2 aromatic heterocycles. The summed E-state index contributed by atoms with van der Waals surface area (Å²) in [6, 6.07) is 13.2. The molecule has 0 atom stereocenters. The standard InChI is InChI=1S/C27H30N4O4/c1-16-7-10-20(11-8-16)31-26-25(18(3)29-31)17(2)21(27(33)30(26)4)12-14-24(32)28-19-9-13-22(34-5)23(15-19)35-6/h7-11,13,15H,12,14H2,1-6H3,(H,28,32). The van der Waals surface area contributed by atoms with Crippen molar-refractivity contribution in [2.45, 2.75) is 33.6 Å². The fourth-order valence-corrected chi connectivity index (χ4v) is 4.41. The molecule has 1 amide bonds. The lowest BCUT2D eigenvalue weighted by Crippen LogP contribution is -2.25. The van der Waals surface area contributed by atoms with Gasteiger partial charge in [-0.15, -0.1) is 0 Å². The second kappa shape index (κ2) is 9.66. The highest BCUT2D eigenvalue weighted by Crippen LogP contribution is 2.30. The number of amides is 1. The molecule has 2 aromatic carbocycles. The number of hydrogen-bond donors (Lipinski definition) is 1. The number of carbonyl (C=O) groups excluding carboxylic acids is 1. The lowest BCUT2D eigenvalue weighted by atomic mass is 10.0. The van der Waals surface area contributed by atoms with Gasteiger partial charge in [0.2, 0.25) is 5.91 Å². The van der Waals surface area contributed by atoms with Crippen LogP contribution in [0.1, 0.15) is 28.8 Å². The fraction of sp³-hybridized carbons (Fsp3) is 0.296. The van der Waals surface area contributed by atoms with E-state index in [1.54, 1.807) is 44.0 Å². The number of fused-ring (bicyclic) bond motifs is 1. The van der Waals surface area contributed by atoms with Gasteiger partial charge in [0.25, 0.3) is 5.56 Å². The molecule has 1 N–H and O–H groups in total. The number of nitrogens with one attached hydrogen (secondary N) is 1. The number of carbonyl (C=O) groups is 1. The van der Waals surface area contributed by atoms with E-state index < -0.39 is 0 Å². The molecule has 182 valence electrons. The van der Waals surface area contributed by atoms with Crippen molar-refractivity contribution >= 4 is 22.6 Å². The number of aryl methyl sites for hydroxylation is 4. The largest absolute Gasteiger partial charge is 0.493 e. The highest BCUT2D eigenvalue weighted by molar-refractivity contribution is 5.91. The number of aromatic nitrogens is 3. The van der Waals surface area contributed by atoms with Crippen LogP contribution in [0.15, 0.2) is 47.3 Å². The molecule has 4 rings (SSSR count). The summed E-state index contributed by atoms with van der Waals surface area (Å²) >= 11 is 0. The minimum Gasteiger partial charge on any atom is -0.493 e. The summed E-state index contributed by atoms with van der Waals surface area (Å²) in [5.74, 6) is 0.923. The van der Waals surface area contributed by atoms with E-state index in [1.165, 1.54) is 0 Å². The van der Waals surface area contributed by atoms with E-state index >= 15 is 0 Å². The van der Waals surface area contributed by atoms with Gasteiger partial charge in [0, 0.05) is 36.2 Å². The van der Waals surface area contributed by atoms with E-state index in [4.69, 9.17) is 14.6 Å². The molecule has 8 heteroatoms. The van der Waals surface area contributed by atoms with Crippen LogP contribution in [0, 0.1) is 20.8 Å². The molecule has 0 fully saturated rings. The van der Waals surface area contributed by atoms with E-state index in [2.05, 4.69) is 5.32 Å². The normalized spacial score (nSPS) is 11.0. The maximum absolute atomic E-state index is 13.3. The van der Waals surface area contributed by atoms with Crippen molar-refractivity contribution in [3.63, 3.8) is 0 Å². The predicted octanol–water partition coefficient (Wildman–Crippen LogP) is 4.24. The van der Waals surface area contributed by atoms with Crippen LogP contribution in [-0.4, -0.2) is 34.5 Å². The Balaban J connectivity index is 1.62. The first kappa shape index (κ1) is 24.1. The number of methoxy groups -OCH3 is 2. The topological polar surface area (TPSA) is 87.4 Å². The van der Waals surface area contributed by atoms with Crippen LogP contribution in [0.5, 0.6) is 11.5 Å². The maximum atomic E-state index is 13.3. The van der Waals surface area contributed by atoms with E-state index in [1.807, 2.05) is 49.7 Å². The lowest BCUT2D eigenvalue weighted by Gasteiger charge is -2.13. The summed E-state index contributed by atoms with van der Waals surface area (Å²) in [5.41, 5.74) is 5.58. The number of ether oxygens (including phenoxy) is 2. The van der Waals surface area contributed by atoms with Crippen LogP contribution in [0.4, 0.5) is 5.69 Å². The van der Waals surface area contributed by atoms with Crippen LogP contribution >= 0.6 is 0 Å². The quantitative estimate of drug-likeness (QED) is 0.433. The highest BCUT2D eigenvalue weighted by atomic mass is 16.5. The third-order valence-corrected chi connectivity index (χ3v) is 6.29. The van der Waals surface area contributed by atoms with Crippen LogP contribution in [-0.2, 0) is 18.3 Å². The van der Waals surface area contributed by atoms with Gasteiger partial charge in [0.1, 0.15) is 5.65 Å². The Bertz CT molecular complexity index is 1470. The Labute approximate surface area is 204 Å². The average Bonchev–Trinajstić information content (AvgIpc) is 3.20. The van der Waals surface area contributed by atoms with Crippen molar-refractivity contribution in [2.24, 2.45) is 7.05 Å². The van der Waals surface area contributed by atoms with Crippen molar-refractivity contribution in [2.75, 3.05) is 19.5 Å². The first-order chi connectivity index (χ1) is 16.7. The van der Waals surface area contributed by atoms with E-state index in [0.29, 0.717) is 29.2 Å². The van der Waals surface area contributed by atoms with Gasteiger partial charge in [-0.2, -0.15) is 5.10 Å². The molecule has 2 heterocycles. The monoisotopic (exact) mass is 474 g/mol. The van der Waals surface area contributed by atoms with Crippen LogP contribution < -0.4 is 20.3 Å². The molecule has 4 aromatic rings. The van der Waals surface area contributed by atoms with Crippen molar-refractivity contribution in [1.29, 1.82) is 0 Å². The summed E-state index contributed by atoms with van der Waals surface area (Å²) in [6.45, 7) is 5.90. The van der Waals surface area contributed by atoms with Crippen LogP contribution in [0.25, 0.3) is 16.7 Å². The van der Waals surface area contributed by atoms with Crippen LogP contribution in [0.3, 0.4) is 0 Å². The van der Waals surface area contributed by atoms with Gasteiger partial charge < -0.3 is 14.8 Å². The minimum atomic E-state index is -0.189. The Morgan fingerprint density at radius 2 is 1.69 bits per heavy atom. The van der Waals surface area contributed by atoms with E-state index in [-0.39, 0.29) is 17.9 Å². The molecule has 0 unspecified atom stereocenters. The zero-order valence-electron chi connectivity index (χ0n) is 20.9. The maximum Gasteiger partial charge on any atom is 0.255 e. The highest BCUT2D eigenvalue weighted by Gasteiger charge is 2.20. The van der Waals surface area contributed by atoms with Gasteiger partial charge in [0.15, 0.2) is 11.5 Å². The second-order valence-electron chi connectivity index (χ2n) is 8.62. The molecule has 0 aliphatic heterocycles. The lowest BCUT2D eigenvalue weighted by molar-refractivity contribution is -0.116. The average molecular weight is 475 g/mol. The molecule has 0 aliphatic rings. The SMILES string of the molecule is COc1ccc(NC(=O)CCc2c(C)c3c(C)nn(-c4ccc(C)cc4)c3n(C)c2=O)cc1OC. The molecule has 0 bridgehead atoms. The third kappa shape index (κ3) is 4.51. The van der Waals surface area contributed by atoms with Crippen molar-refractivity contribution < 1.29 is 14.3 Å². The number of anilines is 1. The molecule has 0 saturated heterocycles. The van der Waals surface area contributed by atoms with Gasteiger partial charge in [-0.05, 0) is 57.0 Å². The molecular weight excluding hydrogens is 444 g/mol. The van der Waals surface area contributed by atoms with Gasteiger partial charge in [-0.3, -0.25) is 14.2 Å². The van der Waals surface area contributed by atoms with Crippen molar-refractivity contribution in [3.8, 4) is 17.2 Å². The van der Waals surface area contributed by atoms with Gasteiger partial charge in [-0.25, -0.2) is 4.68 Å². The summed E-state index contributed by atoms with van der Waals surface area (Å²) in [5, 5.41) is 8.53. The summed E-state index contributed by atoms with van der Waals surface area (Å²) in [4.78, 5) is 26.0. The molecule has 8 nitrogen and oxygen atoms in total. The minimum absolute atomic E-state index is 0.123. The molecule has 35 heavy (non-hydrogen) atoms. The number of benzene rings is 2. The molecule has 0 spiro atoms. The van der Waals surface area contributed by atoms with Gasteiger partial charge in [-0.1, -0.05) is 17.7 Å². The van der Waals surface area contributed by atoms with E-state index in [9.17, 15) is 9.59 Å². The predicted molar refractivity (Wildman–Crippen MR) is 137 cm³/mol. The Hall–Kier alpha value is -4.07. The van der Waals surface area contributed by atoms with Crippen LogP contribution in [0.2, 0.25) is 0 Å². The molecule has 0 aliphatic carbocycles. The fourth-order valence-electron chi connectivity index (χ4n) is 4.41. The van der Waals surface area contributed by atoms with Crippen molar-refractivity contribution in [3.05, 3.63) is 75.2 Å². The number of hydrogen-bond acceptors (Lipinski definition) is 5. The van der Waals surface area contributed by atoms with Gasteiger partial charge in [0.05, 0.1) is 25.6 Å². The Morgan fingerprint density at radius 3 is 2.34 bits per heavy atom. The summed E-state index contributed by atoms with van der Waals surface area (Å²) < 4.78 is 14.0. The zero-order chi connectivity index (χ0) is 25.3. The molecular formula is C27H30N4O4. The summed E-state index contributed by atoms with van der Waals surface area (Å²) in [7, 11) is 4.85. The third-order valence-electron chi connectivity index (χ3n) is 6.29. The number of nitrogens with zero attached hydrogens (tertiary/aromatic N) is 3. The van der Waals surface area contributed by atoms with E-state index in [0.717, 1.165) is 33.5 Å².